The number of allylic oxidation sites excluding steroid dienone is 1. The Morgan fingerprint density at radius 2 is 1.66 bits per heavy atom. The monoisotopic (exact) mass is 616 g/mol. The summed E-state index contributed by atoms with van der Waals surface area (Å²) in [6.45, 7) is 3.67. The molecule has 4 aliphatic rings. The van der Waals surface area contributed by atoms with Gasteiger partial charge in [0.1, 0.15) is 5.60 Å². The number of unbranched alkanes of at least 4 members (excludes halogenated alkanes) is 3. The first-order valence-electron chi connectivity index (χ1n) is 13.2. The Bertz CT molecular complexity index is 857. The Balaban J connectivity index is 1.69. The van der Waals surface area contributed by atoms with E-state index in [0.717, 1.165) is 48.5 Å². The van der Waals surface area contributed by atoms with Gasteiger partial charge in [-0.15, -0.1) is 0 Å². The Hall–Kier alpha value is -0.250. The van der Waals surface area contributed by atoms with Gasteiger partial charge < -0.3 is 5.11 Å². The predicted octanol–water partition coefficient (Wildman–Crippen LogP) is 8.06. The molecule has 0 aromatic carbocycles. The normalized spacial score (nSPS) is 41.7. The van der Waals surface area contributed by atoms with Crippen molar-refractivity contribution in [2.24, 2.45) is 34.5 Å². The standard InChI is InChI=1S/C27H38F5IO2/c1-23-11-8-19(34)16-18(23)15-17(7-5-3-4-6-14-33)22-20(23)9-12-24(2)21(22)10-13-25(24,35)26(28,29)27(30,31)32/h16-17,20-22,35H,3-15H2,1-2H3/t17?,20-,21+,22-,23+,24+,25?/m1/s1. The average molecular weight is 616 g/mol. The van der Waals surface area contributed by atoms with Crippen molar-refractivity contribution in [2.45, 2.75) is 109 Å². The number of hydrogen-bond donors (Lipinski definition) is 1. The van der Waals surface area contributed by atoms with Crippen molar-refractivity contribution < 1.29 is 31.9 Å². The molecule has 0 aromatic heterocycles. The third kappa shape index (κ3) is 4.22. The van der Waals surface area contributed by atoms with Gasteiger partial charge in [0.05, 0.1) is 0 Å². The van der Waals surface area contributed by atoms with E-state index in [1.807, 2.05) is 0 Å². The Morgan fingerprint density at radius 3 is 2.31 bits per heavy atom. The summed E-state index contributed by atoms with van der Waals surface area (Å²) in [4.78, 5) is 12.3. The third-order valence-corrected chi connectivity index (χ3v) is 11.4. The molecule has 0 amide bonds. The van der Waals surface area contributed by atoms with Crippen LogP contribution in [0.25, 0.3) is 0 Å². The molecule has 4 rings (SSSR count). The van der Waals surface area contributed by atoms with Gasteiger partial charge in [0, 0.05) is 11.8 Å². The van der Waals surface area contributed by atoms with Crippen LogP contribution in [0.2, 0.25) is 0 Å². The van der Waals surface area contributed by atoms with Gasteiger partial charge in [0.25, 0.3) is 0 Å². The number of ketones is 1. The molecule has 8 heteroatoms. The van der Waals surface area contributed by atoms with Crippen LogP contribution in [-0.2, 0) is 4.79 Å². The van der Waals surface area contributed by atoms with Crippen LogP contribution >= 0.6 is 22.6 Å². The van der Waals surface area contributed by atoms with Crippen LogP contribution in [0.15, 0.2) is 11.6 Å². The van der Waals surface area contributed by atoms with Gasteiger partial charge in [-0.05, 0) is 91.0 Å². The number of carbonyl (C=O) groups excluding carboxylic acids is 1. The molecule has 0 aliphatic heterocycles. The predicted molar refractivity (Wildman–Crippen MR) is 134 cm³/mol. The molecule has 4 aliphatic carbocycles. The summed E-state index contributed by atoms with van der Waals surface area (Å²) in [7, 11) is 0. The minimum atomic E-state index is -5.78. The molecule has 2 nitrogen and oxygen atoms in total. The summed E-state index contributed by atoms with van der Waals surface area (Å²) in [5.41, 5.74) is -3.64. The van der Waals surface area contributed by atoms with Gasteiger partial charge in [-0.25, -0.2) is 0 Å². The number of halogens is 6. The first kappa shape index (κ1) is 27.8. The molecule has 0 bridgehead atoms. The number of aliphatic hydroxyl groups is 1. The number of rotatable bonds is 7. The van der Waals surface area contributed by atoms with Crippen LogP contribution in [0.1, 0.15) is 90.9 Å². The fourth-order valence-electron chi connectivity index (χ4n) is 8.62. The summed E-state index contributed by atoms with van der Waals surface area (Å²) in [6, 6.07) is 0. The molecule has 7 atom stereocenters. The molecule has 200 valence electrons. The molecule has 0 saturated heterocycles. The minimum absolute atomic E-state index is 0.00765. The van der Waals surface area contributed by atoms with Crippen molar-refractivity contribution in [1.82, 2.24) is 0 Å². The lowest BCUT2D eigenvalue weighted by atomic mass is 9.43. The zero-order valence-corrected chi connectivity index (χ0v) is 22.9. The summed E-state index contributed by atoms with van der Waals surface area (Å²) in [5, 5.41) is 11.2. The molecule has 3 saturated carbocycles. The lowest BCUT2D eigenvalue weighted by Gasteiger charge is -2.62. The molecule has 35 heavy (non-hydrogen) atoms. The Morgan fingerprint density at radius 1 is 1.00 bits per heavy atom. The third-order valence-electron chi connectivity index (χ3n) is 10.6. The summed E-state index contributed by atoms with van der Waals surface area (Å²) < 4.78 is 71.3. The quantitative estimate of drug-likeness (QED) is 0.136. The fourth-order valence-corrected chi connectivity index (χ4v) is 9.16. The topological polar surface area (TPSA) is 37.3 Å². The van der Waals surface area contributed by atoms with Crippen LogP contribution in [0.3, 0.4) is 0 Å². The summed E-state index contributed by atoms with van der Waals surface area (Å²) in [6.07, 6.45) is 3.49. The number of hydrogen-bond acceptors (Lipinski definition) is 2. The maximum absolute atomic E-state index is 14.8. The second-order valence-electron chi connectivity index (χ2n) is 12.1. The lowest BCUT2D eigenvalue weighted by Crippen LogP contribution is -2.66. The Labute approximate surface area is 219 Å². The number of fused-ring (bicyclic) bond motifs is 5. The van der Waals surface area contributed by atoms with E-state index in [2.05, 4.69) is 29.5 Å². The molecular weight excluding hydrogens is 578 g/mol. The van der Waals surface area contributed by atoms with Gasteiger partial charge in [-0.2, -0.15) is 22.0 Å². The SMILES string of the molecule is C[C@]12CCC(=O)C=C1CC(CCCCCCI)[C@@H]1[C@H]2CC[C@@]2(C)[C@H]1CCC2(O)C(F)(F)C(F)(F)F. The summed E-state index contributed by atoms with van der Waals surface area (Å²) >= 11 is 2.36. The van der Waals surface area contributed by atoms with E-state index in [0.29, 0.717) is 19.3 Å². The second kappa shape index (κ2) is 9.49. The largest absolute Gasteiger partial charge is 0.456 e. The van der Waals surface area contributed by atoms with Crippen LogP contribution in [0, 0.1) is 34.5 Å². The lowest BCUT2D eigenvalue weighted by molar-refractivity contribution is -0.364. The van der Waals surface area contributed by atoms with Gasteiger partial charge in [-0.1, -0.05) is 61.3 Å². The van der Waals surface area contributed by atoms with Crippen molar-refractivity contribution in [3.05, 3.63) is 11.6 Å². The maximum atomic E-state index is 14.8. The minimum Gasteiger partial charge on any atom is -0.383 e. The highest BCUT2D eigenvalue weighted by Gasteiger charge is 2.79. The fraction of sp³-hybridized carbons (Fsp3) is 0.889. The maximum Gasteiger partial charge on any atom is 0.456 e. The van der Waals surface area contributed by atoms with Crippen molar-refractivity contribution in [3.63, 3.8) is 0 Å². The average Bonchev–Trinajstić information content (AvgIpc) is 3.06. The van der Waals surface area contributed by atoms with Crippen molar-refractivity contribution in [2.75, 3.05) is 4.43 Å². The molecule has 0 radical (unpaired) electrons. The highest BCUT2D eigenvalue weighted by Crippen LogP contribution is 2.72. The first-order valence-corrected chi connectivity index (χ1v) is 14.7. The van der Waals surface area contributed by atoms with E-state index in [4.69, 9.17) is 0 Å². The van der Waals surface area contributed by atoms with Gasteiger partial charge in [-0.3, -0.25) is 4.79 Å². The zero-order chi connectivity index (χ0) is 25.9. The van der Waals surface area contributed by atoms with Gasteiger partial charge in [0.2, 0.25) is 0 Å². The second-order valence-corrected chi connectivity index (χ2v) is 13.2. The highest BCUT2D eigenvalue weighted by molar-refractivity contribution is 14.1. The summed E-state index contributed by atoms with van der Waals surface area (Å²) in [5.74, 6) is -5.10. The van der Waals surface area contributed by atoms with Crippen molar-refractivity contribution in [1.29, 1.82) is 0 Å². The van der Waals surface area contributed by atoms with Crippen LogP contribution in [0.4, 0.5) is 22.0 Å². The molecule has 2 unspecified atom stereocenters. The zero-order valence-electron chi connectivity index (χ0n) is 20.7. The van der Waals surface area contributed by atoms with E-state index in [1.165, 1.54) is 6.92 Å². The van der Waals surface area contributed by atoms with Gasteiger partial charge >= 0.3 is 12.1 Å². The van der Waals surface area contributed by atoms with E-state index >= 15 is 0 Å². The molecule has 0 spiro atoms. The van der Waals surface area contributed by atoms with Crippen molar-refractivity contribution in [3.8, 4) is 0 Å². The number of alkyl halides is 6. The molecule has 0 aromatic rings. The van der Waals surface area contributed by atoms with Gasteiger partial charge in [0.15, 0.2) is 5.78 Å². The van der Waals surface area contributed by atoms with Crippen LogP contribution in [0.5, 0.6) is 0 Å². The van der Waals surface area contributed by atoms with E-state index < -0.39 is 29.5 Å². The molecule has 0 heterocycles. The Kier molecular flexibility index (Phi) is 7.53. The molecular formula is C27H38F5IO2. The van der Waals surface area contributed by atoms with Crippen molar-refractivity contribution >= 4 is 28.4 Å². The van der Waals surface area contributed by atoms with Crippen LogP contribution < -0.4 is 0 Å². The van der Waals surface area contributed by atoms with E-state index in [-0.39, 0.29) is 47.7 Å². The smallest absolute Gasteiger partial charge is 0.383 e. The van der Waals surface area contributed by atoms with E-state index in [9.17, 15) is 31.9 Å². The number of carbonyl (C=O) groups is 1. The molecule has 1 N–H and O–H groups in total. The molecule has 3 fully saturated rings. The van der Waals surface area contributed by atoms with E-state index in [1.54, 1.807) is 6.08 Å². The highest BCUT2D eigenvalue weighted by atomic mass is 127. The first-order chi connectivity index (χ1) is 16.2. The van der Waals surface area contributed by atoms with Crippen LogP contribution in [-0.4, -0.2) is 33.0 Å².